The van der Waals surface area contributed by atoms with E-state index in [2.05, 4.69) is 14.6 Å². The summed E-state index contributed by atoms with van der Waals surface area (Å²) in [6, 6.07) is 20.1. The lowest BCUT2D eigenvalue weighted by Crippen LogP contribution is -2.30. The first kappa shape index (κ1) is 17.1. The molecule has 126 valence electrons. The van der Waals surface area contributed by atoms with Gasteiger partial charge in [-0.15, -0.1) is 9.24 Å². The molecule has 0 spiro atoms. The minimum absolute atomic E-state index is 0.173. The van der Waals surface area contributed by atoms with Crippen molar-refractivity contribution in [3.05, 3.63) is 77.9 Å². The smallest absolute Gasteiger partial charge is 0.305 e. The highest BCUT2D eigenvalue weighted by Gasteiger charge is 2.19. The monoisotopic (exact) mass is 351 g/mol. The van der Waals surface area contributed by atoms with Gasteiger partial charge in [-0.25, -0.2) is 0 Å². The van der Waals surface area contributed by atoms with Gasteiger partial charge in [0.25, 0.3) is 5.91 Å². The third-order valence-corrected chi connectivity index (χ3v) is 4.37. The third-order valence-electron chi connectivity index (χ3n) is 4.01. The van der Waals surface area contributed by atoms with Gasteiger partial charge in [-0.05, 0) is 39.8 Å². The Kier molecular flexibility index (Phi) is 5.11. The lowest BCUT2D eigenvalue weighted by atomic mass is 10.0. The van der Waals surface area contributed by atoms with Crippen molar-refractivity contribution in [3.63, 3.8) is 0 Å². The first-order chi connectivity index (χ1) is 12.0. The standard InChI is InChI=1S/C20H18NO3P/c22-19(23)12-18(15-6-3-7-17(25)11-15)21-20(24)16-9-8-13-4-1-2-5-14(13)10-16/h1-11,18H,12,25H2,(H,21,24)(H,22,23). The molecule has 5 heteroatoms. The van der Waals surface area contributed by atoms with E-state index in [4.69, 9.17) is 0 Å². The lowest BCUT2D eigenvalue weighted by molar-refractivity contribution is -0.137. The highest BCUT2D eigenvalue weighted by Crippen LogP contribution is 2.19. The van der Waals surface area contributed by atoms with Crippen LogP contribution >= 0.6 is 9.24 Å². The van der Waals surface area contributed by atoms with Crippen LogP contribution in [0.5, 0.6) is 0 Å². The summed E-state index contributed by atoms with van der Waals surface area (Å²) in [5.74, 6) is -1.25. The van der Waals surface area contributed by atoms with Gasteiger partial charge in [-0.3, -0.25) is 9.59 Å². The quantitative estimate of drug-likeness (QED) is 0.693. The molecule has 0 aliphatic carbocycles. The van der Waals surface area contributed by atoms with Crippen LogP contribution in [0.1, 0.15) is 28.4 Å². The Morgan fingerprint density at radius 2 is 1.72 bits per heavy atom. The molecule has 0 aliphatic rings. The number of hydrogen-bond donors (Lipinski definition) is 2. The molecule has 0 fully saturated rings. The Morgan fingerprint density at radius 3 is 2.44 bits per heavy atom. The summed E-state index contributed by atoms with van der Waals surface area (Å²) in [4.78, 5) is 23.8. The summed E-state index contributed by atoms with van der Waals surface area (Å²) in [6.07, 6.45) is -0.173. The van der Waals surface area contributed by atoms with Gasteiger partial charge in [0.2, 0.25) is 0 Å². The minimum atomic E-state index is -0.960. The van der Waals surface area contributed by atoms with Crippen molar-refractivity contribution in [3.8, 4) is 0 Å². The van der Waals surface area contributed by atoms with Crippen LogP contribution in [-0.4, -0.2) is 17.0 Å². The van der Waals surface area contributed by atoms with Crippen LogP contribution in [-0.2, 0) is 4.79 Å². The van der Waals surface area contributed by atoms with Gasteiger partial charge in [0, 0.05) is 5.56 Å². The Morgan fingerprint density at radius 1 is 0.960 bits per heavy atom. The number of aliphatic carboxylic acids is 1. The molecule has 2 N–H and O–H groups in total. The van der Waals surface area contributed by atoms with Crippen LogP contribution in [0, 0.1) is 0 Å². The van der Waals surface area contributed by atoms with E-state index >= 15 is 0 Å². The molecule has 1 amide bonds. The number of carbonyl (C=O) groups excluding carboxylic acids is 1. The van der Waals surface area contributed by atoms with E-state index in [0.717, 1.165) is 21.6 Å². The number of fused-ring (bicyclic) bond motifs is 1. The molecule has 25 heavy (non-hydrogen) atoms. The second-order valence-electron chi connectivity index (χ2n) is 5.86. The fraction of sp³-hybridized carbons (Fsp3) is 0.100. The molecule has 0 radical (unpaired) electrons. The van der Waals surface area contributed by atoms with Gasteiger partial charge in [-0.1, -0.05) is 48.5 Å². The average molecular weight is 351 g/mol. The number of carboxylic acids is 1. The molecule has 0 bridgehead atoms. The third kappa shape index (κ3) is 4.23. The van der Waals surface area contributed by atoms with E-state index < -0.39 is 12.0 Å². The van der Waals surface area contributed by atoms with E-state index in [0.29, 0.717) is 5.56 Å². The maximum atomic E-state index is 12.6. The molecule has 4 nitrogen and oxygen atoms in total. The largest absolute Gasteiger partial charge is 0.481 e. The average Bonchev–Trinajstić information content (AvgIpc) is 2.60. The van der Waals surface area contributed by atoms with E-state index in [1.165, 1.54) is 0 Å². The zero-order chi connectivity index (χ0) is 17.8. The molecule has 0 saturated carbocycles. The molecule has 2 atom stereocenters. The number of amides is 1. The normalized spacial score (nSPS) is 11.9. The van der Waals surface area contributed by atoms with Crippen molar-refractivity contribution in [2.75, 3.05) is 0 Å². The molecule has 3 aromatic carbocycles. The molecule has 0 aromatic heterocycles. The maximum absolute atomic E-state index is 12.6. The number of benzene rings is 3. The highest BCUT2D eigenvalue weighted by atomic mass is 31.0. The van der Waals surface area contributed by atoms with Gasteiger partial charge in [0.1, 0.15) is 0 Å². The van der Waals surface area contributed by atoms with Crippen molar-refractivity contribution in [1.29, 1.82) is 0 Å². The summed E-state index contributed by atoms with van der Waals surface area (Å²) in [5, 5.41) is 15.0. The van der Waals surface area contributed by atoms with Crippen LogP contribution in [0.2, 0.25) is 0 Å². The van der Waals surface area contributed by atoms with Crippen LogP contribution in [0.4, 0.5) is 0 Å². The summed E-state index contributed by atoms with van der Waals surface area (Å²) in [5.41, 5.74) is 1.28. The van der Waals surface area contributed by atoms with E-state index in [1.807, 2.05) is 60.7 Å². The van der Waals surface area contributed by atoms with E-state index in [1.54, 1.807) is 6.07 Å². The molecule has 0 saturated heterocycles. The molecule has 3 rings (SSSR count). The minimum Gasteiger partial charge on any atom is -0.481 e. The SMILES string of the molecule is O=C(O)CC(NC(=O)c1ccc2ccccc2c1)c1cccc(P)c1. The van der Waals surface area contributed by atoms with Crippen LogP contribution in [0.3, 0.4) is 0 Å². The molecule has 0 aliphatic heterocycles. The van der Waals surface area contributed by atoms with E-state index in [9.17, 15) is 14.7 Å². The Labute approximate surface area is 148 Å². The van der Waals surface area contributed by atoms with Crippen molar-refractivity contribution in [2.24, 2.45) is 0 Å². The van der Waals surface area contributed by atoms with Crippen LogP contribution < -0.4 is 10.6 Å². The Balaban J connectivity index is 1.87. The summed E-state index contributed by atoms with van der Waals surface area (Å²) < 4.78 is 0. The van der Waals surface area contributed by atoms with Crippen molar-refractivity contribution >= 4 is 37.2 Å². The van der Waals surface area contributed by atoms with Crippen molar-refractivity contribution < 1.29 is 14.7 Å². The number of hydrogen-bond acceptors (Lipinski definition) is 2. The number of carboxylic acid groups (broad SMARTS) is 1. The Bertz CT molecular complexity index is 939. The zero-order valence-electron chi connectivity index (χ0n) is 13.5. The number of rotatable bonds is 5. The first-order valence-electron chi connectivity index (χ1n) is 7.90. The summed E-state index contributed by atoms with van der Waals surface area (Å²) >= 11 is 0. The van der Waals surface area contributed by atoms with Gasteiger partial charge < -0.3 is 10.4 Å². The van der Waals surface area contributed by atoms with Crippen molar-refractivity contribution in [1.82, 2.24) is 5.32 Å². The second kappa shape index (κ2) is 7.45. The fourth-order valence-electron chi connectivity index (χ4n) is 2.77. The number of nitrogens with one attached hydrogen (secondary N) is 1. The second-order valence-corrected chi connectivity index (χ2v) is 6.52. The number of carbonyl (C=O) groups is 2. The predicted molar refractivity (Wildman–Crippen MR) is 102 cm³/mol. The van der Waals surface area contributed by atoms with Crippen LogP contribution in [0.15, 0.2) is 66.7 Å². The Hall–Kier alpha value is -2.71. The summed E-state index contributed by atoms with van der Waals surface area (Å²) in [7, 11) is 2.58. The van der Waals surface area contributed by atoms with Gasteiger partial charge in [0.15, 0.2) is 0 Å². The van der Waals surface area contributed by atoms with Crippen molar-refractivity contribution in [2.45, 2.75) is 12.5 Å². The fourth-order valence-corrected chi connectivity index (χ4v) is 3.08. The molecular weight excluding hydrogens is 333 g/mol. The molecule has 0 heterocycles. The topological polar surface area (TPSA) is 66.4 Å². The highest BCUT2D eigenvalue weighted by molar-refractivity contribution is 7.27. The molecular formula is C20H18NO3P. The lowest BCUT2D eigenvalue weighted by Gasteiger charge is -2.18. The first-order valence-corrected chi connectivity index (χ1v) is 8.47. The maximum Gasteiger partial charge on any atom is 0.305 e. The van der Waals surface area contributed by atoms with Gasteiger partial charge in [-0.2, -0.15) is 0 Å². The predicted octanol–water partition coefficient (Wildman–Crippen LogP) is 3.29. The van der Waals surface area contributed by atoms with E-state index in [-0.39, 0.29) is 12.3 Å². The zero-order valence-corrected chi connectivity index (χ0v) is 14.6. The molecule has 3 aromatic rings. The van der Waals surface area contributed by atoms with Crippen LogP contribution in [0.25, 0.3) is 10.8 Å². The summed E-state index contributed by atoms with van der Waals surface area (Å²) in [6.45, 7) is 0. The van der Waals surface area contributed by atoms with Gasteiger partial charge >= 0.3 is 5.97 Å². The van der Waals surface area contributed by atoms with Gasteiger partial charge in [0.05, 0.1) is 12.5 Å². The molecule has 2 unspecified atom stereocenters.